The van der Waals surface area contributed by atoms with Crippen molar-refractivity contribution in [1.82, 2.24) is 4.90 Å². The van der Waals surface area contributed by atoms with E-state index in [-0.39, 0.29) is 6.29 Å². The van der Waals surface area contributed by atoms with Crippen molar-refractivity contribution in [3.05, 3.63) is 0 Å². The van der Waals surface area contributed by atoms with Gasteiger partial charge in [0.1, 0.15) is 0 Å². The van der Waals surface area contributed by atoms with Gasteiger partial charge in [-0.3, -0.25) is 4.90 Å². The summed E-state index contributed by atoms with van der Waals surface area (Å²) in [6.07, 6.45) is -0.130. The van der Waals surface area contributed by atoms with Crippen LogP contribution in [0, 0.1) is 0 Å². The molecule has 0 atom stereocenters. The second kappa shape index (κ2) is 10.0. The van der Waals surface area contributed by atoms with Gasteiger partial charge in [0.25, 0.3) is 0 Å². The number of hydrogen-bond donors (Lipinski definition) is 0. The van der Waals surface area contributed by atoms with Gasteiger partial charge in [0.05, 0.1) is 6.61 Å². The Labute approximate surface area is 99.9 Å². The lowest BCUT2D eigenvalue weighted by Gasteiger charge is -2.30. The molecule has 0 rings (SSSR count). The van der Waals surface area contributed by atoms with Crippen LogP contribution in [0.15, 0.2) is 0 Å². The minimum atomic E-state index is -0.130. The van der Waals surface area contributed by atoms with E-state index in [1.807, 2.05) is 13.8 Å². The number of ether oxygens (including phenoxy) is 3. The highest BCUT2D eigenvalue weighted by Gasteiger charge is 2.16. The number of methoxy groups -OCH3 is 1. The number of hydrogen-bond acceptors (Lipinski definition) is 4. The summed E-state index contributed by atoms with van der Waals surface area (Å²) in [7, 11) is 1.72. The number of rotatable bonds is 10. The van der Waals surface area contributed by atoms with Gasteiger partial charge in [-0.2, -0.15) is 0 Å². The first kappa shape index (κ1) is 15.8. The van der Waals surface area contributed by atoms with Crippen LogP contribution in [-0.4, -0.2) is 57.3 Å². The van der Waals surface area contributed by atoms with Crippen LogP contribution in [0.4, 0.5) is 0 Å². The second-order valence-corrected chi connectivity index (χ2v) is 3.92. The Kier molecular flexibility index (Phi) is 9.92. The Balaban J connectivity index is 4.09. The Morgan fingerprint density at radius 3 is 2.00 bits per heavy atom. The summed E-state index contributed by atoms with van der Waals surface area (Å²) < 4.78 is 16.2. The van der Waals surface area contributed by atoms with Crippen LogP contribution in [-0.2, 0) is 14.2 Å². The van der Waals surface area contributed by atoms with Crippen LogP contribution in [0.3, 0.4) is 0 Å². The maximum absolute atomic E-state index is 5.54. The van der Waals surface area contributed by atoms with Crippen LogP contribution >= 0.6 is 0 Å². The van der Waals surface area contributed by atoms with Crippen molar-refractivity contribution in [3.63, 3.8) is 0 Å². The molecule has 0 aliphatic carbocycles. The maximum atomic E-state index is 5.54. The van der Waals surface area contributed by atoms with E-state index < -0.39 is 0 Å². The van der Waals surface area contributed by atoms with Gasteiger partial charge in [-0.15, -0.1) is 0 Å². The van der Waals surface area contributed by atoms with Crippen molar-refractivity contribution in [2.24, 2.45) is 0 Å². The fraction of sp³-hybridized carbons (Fsp3) is 1.00. The molecule has 0 aliphatic heterocycles. The van der Waals surface area contributed by atoms with Gasteiger partial charge in [0, 0.05) is 39.5 Å². The summed E-state index contributed by atoms with van der Waals surface area (Å²) in [6.45, 7) is 12.1. The molecule has 0 aliphatic rings. The van der Waals surface area contributed by atoms with Crippen LogP contribution in [0.2, 0.25) is 0 Å². The van der Waals surface area contributed by atoms with E-state index in [0.717, 1.165) is 19.7 Å². The van der Waals surface area contributed by atoms with E-state index in [1.165, 1.54) is 0 Å². The van der Waals surface area contributed by atoms with Crippen LogP contribution in [0.25, 0.3) is 0 Å². The summed E-state index contributed by atoms with van der Waals surface area (Å²) >= 11 is 0. The highest BCUT2D eigenvalue weighted by molar-refractivity contribution is 4.64. The zero-order valence-corrected chi connectivity index (χ0v) is 11.4. The molecule has 0 heterocycles. The van der Waals surface area contributed by atoms with Gasteiger partial charge in [-0.05, 0) is 27.7 Å². The third kappa shape index (κ3) is 7.17. The SMILES string of the molecule is CCOC(CN(CCOC)C(C)C)OCC. The fourth-order valence-corrected chi connectivity index (χ4v) is 1.49. The lowest BCUT2D eigenvalue weighted by Crippen LogP contribution is -2.41. The summed E-state index contributed by atoms with van der Waals surface area (Å²) in [4.78, 5) is 2.31. The van der Waals surface area contributed by atoms with E-state index in [2.05, 4.69) is 18.7 Å². The van der Waals surface area contributed by atoms with E-state index in [4.69, 9.17) is 14.2 Å². The van der Waals surface area contributed by atoms with E-state index in [0.29, 0.717) is 19.3 Å². The van der Waals surface area contributed by atoms with Gasteiger partial charge in [-0.1, -0.05) is 0 Å². The Bertz CT molecular complexity index is 147. The smallest absolute Gasteiger partial charge is 0.170 e. The molecule has 0 aromatic carbocycles. The van der Waals surface area contributed by atoms with Crippen LogP contribution < -0.4 is 0 Å². The molecule has 4 nitrogen and oxygen atoms in total. The average molecular weight is 233 g/mol. The largest absolute Gasteiger partial charge is 0.383 e. The first-order valence-electron chi connectivity index (χ1n) is 6.11. The molecule has 16 heavy (non-hydrogen) atoms. The van der Waals surface area contributed by atoms with Crippen LogP contribution in [0.1, 0.15) is 27.7 Å². The predicted octanol–water partition coefficient (Wildman–Crippen LogP) is 1.74. The average Bonchev–Trinajstić information content (AvgIpc) is 2.24. The van der Waals surface area contributed by atoms with Crippen molar-refractivity contribution in [2.45, 2.75) is 40.0 Å². The minimum Gasteiger partial charge on any atom is -0.383 e. The maximum Gasteiger partial charge on any atom is 0.170 e. The zero-order valence-electron chi connectivity index (χ0n) is 11.4. The van der Waals surface area contributed by atoms with E-state index in [1.54, 1.807) is 7.11 Å². The first-order valence-corrected chi connectivity index (χ1v) is 6.11. The Morgan fingerprint density at radius 2 is 1.62 bits per heavy atom. The van der Waals surface area contributed by atoms with Crippen molar-refractivity contribution in [1.29, 1.82) is 0 Å². The lowest BCUT2D eigenvalue weighted by atomic mass is 10.3. The molecule has 0 N–H and O–H groups in total. The standard InChI is InChI=1S/C12H27NO3/c1-6-15-12(16-7-2)10-13(11(3)4)8-9-14-5/h11-12H,6-10H2,1-5H3. The molecule has 0 spiro atoms. The molecule has 0 fully saturated rings. The highest BCUT2D eigenvalue weighted by atomic mass is 16.7. The van der Waals surface area contributed by atoms with Crippen LogP contribution in [0.5, 0.6) is 0 Å². The summed E-state index contributed by atoms with van der Waals surface area (Å²) in [5.74, 6) is 0. The van der Waals surface area contributed by atoms with E-state index >= 15 is 0 Å². The topological polar surface area (TPSA) is 30.9 Å². The van der Waals surface area contributed by atoms with Crippen molar-refractivity contribution in [3.8, 4) is 0 Å². The third-order valence-corrected chi connectivity index (χ3v) is 2.40. The quantitative estimate of drug-likeness (QED) is 0.538. The third-order valence-electron chi connectivity index (χ3n) is 2.40. The molecule has 4 heteroatoms. The summed E-state index contributed by atoms with van der Waals surface area (Å²) in [6, 6.07) is 0.471. The number of nitrogens with zero attached hydrogens (tertiary/aromatic N) is 1. The second-order valence-electron chi connectivity index (χ2n) is 3.92. The predicted molar refractivity (Wildman–Crippen MR) is 65.6 cm³/mol. The van der Waals surface area contributed by atoms with Crippen molar-refractivity contribution in [2.75, 3.05) is 40.0 Å². The molecule has 98 valence electrons. The van der Waals surface area contributed by atoms with Gasteiger partial charge in [0.2, 0.25) is 0 Å². The Hall–Kier alpha value is -0.160. The lowest BCUT2D eigenvalue weighted by molar-refractivity contribution is -0.150. The van der Waals surface area contributed by atoms with Crippen molar-refractivity contribution >= 4 is 0 Å². The van der Waals surface area contributed by atoms with Gasteiger partial charge >= 0.3 is 0 Å². The molecule has 0 saturated carbocycles. The molecule has 0 unspecified atom stereocenters. The van der Waals surface area contributed by atoms with Gasteiger partial charge < -0.3 is 14.2 Å². The monoisotopic (exact) mass is 233 g/mol. The first-order chi connectivity index (χ1) is 7.65. The summed E-state index contributed by atoms with van der Waals surface area (Å²) in [5.41, 5.74) is 0. The van der Waals surface area contributed by atoms with E-state index in [9.17, 15) is 0 Å². The molecule has 0 bridgehead atoms. The fourth-order valence-electron chi connectivity index (χ4n) is 1.49. The summed E-state index contributed by atoms with van der Waals surface area (Å²) in [5, 5.41) is 0. The minimum absolute atomic E-state index is 0.130. The molecular formula is C12H27NO3. The molecular weight excluding hydrogens is 206 g/mol. The molecule has 0 aromatic rings. The Morgan fingerprint density at radius 1 is 1.06 bits per heavy atom. The molecule has 0 amide bonds. The normalized spacial score (nSPS) is 12.0. The van der Waals surface area contributed by atoms with Crippen molar-refractivity contribution < 1.29 is 14.2 Å². The molecule has 0 radical (unpaired) electrons. The highest BCUT2D eigenvalue weighted by Crippen LogP contribution is 2.04. The van der Waals surface area contributed by atoms with Gasteiger partial charge in [-0.25, -0.2) is 0 Å². The molecule has 0 saturated heterocycles. The zero-order chi connectivity index (χ0) is 12.4. The molecule has 0 aromatic heterocycles. The van der Waals surface area contributed by atoms with Gasteiger partial charge in [0.15, 0.2) is 6.29 Å².